The number of hydrogen-bond acceptors (Lipinski definition) is 3. The fourth-order valence-corrected chi connectivity index (χ4v) is 4.51. The summed E-state index contributed by atoms with van der Waals surface area (Å²) in [5.74, 6) is 0. The summed E-state index contributed by atoms with van der Waals surface area (Å²) >= 11 is 1.82. The average molecular weight is 373 g/mol. The number of aromatic nitrogens is 1. The van der Waals surface area contributed by atoms with Crippen molar-refractivity contribution >= 4 is 11.3 Å². The number of rotatable bonds is 6. The Labute approximate surface area is 164 Å². The van der Waals surface area contributed by atoms with Gasteiger partial charge in [-0.05, 0) is 52.6 Å². The molecular formula is C23H36N2S. The third-order valence-corrected chi connectivity index (χ3v) is 6.30. The van der Waals surface area contributed by atoms with Gasteiger partial charge in [0, 0.05) is 21.9 Å². The Kier molecular flexibility index (Phi) is 6.35. The molecule has 2 rings (SSSR count). The molecule has 1 atom stereocenters. The van der Waals surface area contributed by atoms with E-state index in [-0.39, 0.29) is 16.4 Å². The molecule has 2 aromatic rings. The standard InChI is InChI=1S/C23H36N2S/c1-21(2,3)17-23(7,14-15-25(8)22(4,5)6)20-24-19(16-26-20)18-12-10-9-11-13-18/h9-13,16H,14-15,17H2,1-8H3. The van der Waals surface area contributed by atoms with Crippen LogP contribution in [-0.4, -0.2) is 29.0 Å². The van der Waals surface area contributed by atoms with E-state index in [2.05, 4.69) is 96.1 Å². The molecular weight excluding hydrogens is 336 g/mol. The summed E-state index contributed by atoms with van der Waals surface area (Å²) < 4.78 is 0. The summed E-state index contributed by atoms with van der Waals surface area (Å²) in [5, 5.41) is 3.49. The van der Waals surface area contributed by atoms with E-state index < -0.39 is 0 Å². The van der Waals surface area contributed by atoms with Gasteiger partial charge < -0.3 is 4.90 Å². The maximum atomic E-state index is 5.08. The molecule has 0 bridgehead atoms. The second-order valence-electron chi connectivity index (χ2n) is 10.0. The largest absolute Gasteiger partial charge is 0.301 e. The predicted octanol–water partition coefficient (Wildman–Crippen LogP) is 6.62. The van der Waals surface area contributed by atoms with E-state index >= 15 is 0 Å². The van der Waals surface area contributed by atoms with Gasteiger partial charge in [0.25, 0.3) is 0 Å². The maximum Gasteiger partial charge on any atom is 0.0992 e. The van der Waals surface area contributed by atoms with Crippen LogP contribution in [0.15, 0.2) is 35.7 Å². The number of nitrogens with zero attached hydrogens (tertiary/aromatic N) is 2. The van der Waals surface area contributed by atoms with E-state index in [1.165, 1.54) is 10.6 Å². The first-order valence-corrected chi connectivity index (χ1v) is 10.5. The molecule has 144 valence electrons. The van der Waals surface area contributed by atoms with Gasteiger partial charge >= 0.3 is 0 Å². The van der Waals surface area contributed by atoms with Crippen LogP contribution in [0.4, 0.5) is 0 Å². The van der Waals surface area contributed by atoms with Crippen LogP contribution >= 0.6 is 11.3 Å². The minimum Gasteiger partial charge on any atom is -0.301 e. The Bertz CT molecular complexity index is 691. The van der Waals surface area contributed by atoms with Gasteiger partial charge in [0.1, 0.15) is 0 Å². The Morgan fingerprint density at radius 1 is 0.962 bits per heavy atom. The van der Waals surface area contributed by atoms with Gasteiger partial charge in [-0.2, -0.15) is 0 Å². The third kappa shape index (κ3) is 5.65. The summed E-state index contributed by atoms with van der Waals surface area (Å²) in [4.78, 5) is 7.53. The van der Waals surface area contributed by atoms with Crippen LogP contribution in [0.3, 0.4) is 0 Å². The molecule has 0 spiro atoms. The first kappa shape index (κ1) is 21.1. The van der Waals surface area contributed by atoms with E-state index in [1.54, 1.807) is 0 Å². The summed E-state index contributed by atoms with van der Waals surface area (Å²) in [7, 11) is 2.23. The molecule has 0 radical (unpaired) electrons. The molecule has 1 unspecified atom stereocenters. The van der Waals surface area contributed by atoms with Crippen LogP contribution in [0.25, 0.3) is 11.3 Å². The van der Waals surface area contributed by atoms with Gasteiger partial charge in [-0.25, -0.2) is 4.98 Å². The zero-order chi connectivity index (χ0) is 19.6. The lowest BCUT2D eigenvalue weighted by atomic mass is 9.73. The smallest absolute Gasteiger partial charge is 0.0992 e. The third-order valence-electron chi connectivity index (χ3n) is 5.15. The molecule has 1 aromatic carbocycles. The predicted molar refractivity (Wildman–Crippen MR) is 116 cm³/mol. The van der Waals surface area contributed by atoms with Crippen LogP contribution in [0.1, 0.15) is 66.3 Å². The van der Waals surface area contributed by atoms with Crippen molar-refractivity contribution in [2.24, 2.45) is 5.41 Å². The number of benzene rings is 1. The Morgan fingerprint density at radius 2 is 1.58 bits per heavy atom. The molecule has 0 aliphatic heterocycles. The highest BCUT2D eigenvalue weighted by atomic mass is 32.1. The van der Waals surface area contributed by atoms with Crippen LogP contribution in [-0.2, 0) is 5.41 Å². The van der Waals surface area contributed by atoms with Crippen molar-refractivity contribution in [3.63, 3.8) is 0 Å². The highest BCUT2D eigenvalue weighted by Gasteiger charge is 2.35. The first-order chi connectivity index (χ1) is 11.9. The van der Waals surface area contributed by atoms with Gasteiger partial charge in [-0.3, -0.25) is 0 Å². The minimum atomic E-state index is 0.0927. The molecule has 0 N–H and O–H groups in total. The number of hydrogen-bond donors (Lipinski definition) is 0. The van der Waals surface area contributed by atoms with Crippen molar-refractivity contribution in [2.45, 2.75) is 72.3 Å². The van der Waals surface area contributed by atoms with Crippen molar-refractivity contribution in [1.82, 2.24) is 9.88 Å². The molecule has 2 nitrogen and oxygen atoms in total. The summed E-state index contributed by atoms with van der Waals surface area (Å²) in [6.45, 7) is 17.3. The van der Waals surface area contributed by atoms with Crippen LogP contribution < -0.4 is 0 Å². The van der Waals surface area contributed by atoms with E-state index in [9.17, 15) is 0 Å². The molecule has 0 saturated heterocycles. The summed E-state index contributed by atoms with van der Waals surface area (Å²) in [6.07, 6.45) is 2.26. The van der Waals surface area contributed by atoms with Gasteiger partial charge in [0.2, 0.25) is 0 Å². The SMILES string of the molecule is CN(CCC(C)(CC(C)(C)C)c1nc(-c2ccccc2)cs1)C(C)(C)C. The zero-order valence-corrected chi connectivity index (χ0v) is 18.7. The Hall–Kier alpha value is -1.19. The molecule has 0 aliphatic carbocycles. The highest BCUT2D eigenvalue weighted by molar-refractivity contribution is 7.10. The Morgan fingerprint density at radius 3 is 2.12 bits per heavy atom. The second kappa shape index (κ2) is 7.82. The first-order valence-electron chi connectivity index (χ1n) is 9.63. The van der Waals surface area contributed by atoms with Crippen molar-refractivity contribution in [2.75, 3.05) is 13.6 Å². The van der Waals surface area contributed by atoms with Crippen LogP contribution in [0, 0.1) is 5.41 Å². The van der Waals surface area contributed by atoms with Crippen LogP contribution in [0.5, 0.6) is 0 Å². The summed E-state index contributed by atoms with van der Waals surface area (Å²) in [6, 6.07) is 10.5. The second-order valence-corrected chi connectivity index (χ2v) is 10.9. The van der Waals surface area contributed by atoms with Crippen LogP contribution in [0.2, 0.25) is 0 Å². The average Bonchev–Trinajstić information content (AvgIpc) is 3.01. The van der Waals surface area contributed by atoms with Crippen molar-refractivity contribution in [3.05, 3.63) is 40.7 Å². The van der Waals surface area contributed by atoms with Crippen molar-refractivity contribution < 1.29 is 0 Å². The molecule has 0 saturated carbocycles. The summed E-state index contributed by atoms with van der Waals surface area (Å²) in [5.41, 5.74) is 2.87. The molecule has 0 fully saturated rings. The zero-order valence-electron chi connectivity index (χ0n) is 17.9. The molecule has 1 aromatic heterocycles. The lowest BCUT2D eigenvalue weighted by Crippen LogP contribution is -2.41. The monoisotopic (exact) mass is 372 g/mol. The van der Waals surface area contributed by atoms with Gasteiger partial charge in [0.05, 0.1) is 10.7 Å². The highest BCUT2D eigenvalue weighted by Crippen LogP contribution is 2.41. The van der Waals surface area contributed by atoms with E-state index in [0.717, 1.165) is 25.1 Å². The van der Waals surface area contributed by atoms with E-state index in [0.29, 0.717) is 0 Å². The lowest BCUT2D eigenvalue weighted by molar-refractivity contribution is 0.148. The maximum absolute atomic E-state index is 5.08. The molecule has 26 heavy (non-hydrogen) atoms. The van der Waals surface area contributed by atoms with E-state index in [1.807, 2.05) is 11.3 Å². The van der Waals surface area contributed by atoms with Gasteiger partial charge in [-0.15, -0.1) is 11.3 Å². The van der Waals surface area contributed by atoms with E-state index in [4.69, 9.17) is 4.98 Å². The van der Waals surface area contributed by atoms with Gasteiger partial charge in [0.15, 0.2) is 0 Å². The fourth-order valence-electron chi connectivity index (χ4n) is 3.48. The topological polar surface area (TPSA) is 16.1 Å². The Balaban J connectivity index is 2.28. The number of thiazole rings is 1. The molecule has 0 amide bonds. The normalized spacial score (nSPS) is 15.3. The van der Waals surface area contributed by atoms with Crippen molar-refractivity contribution in [3.8, 4) is 11.3 Å². The fraction of sp³-hybridized carbons (Fsp3) is 0.609. The molecule has 1 heterocycles. The van der Waals surface area contributed by atoms with Gasteiger partial charge in [-0.1, -0.05) is 58.0 Å². The quantitative estimate of drug-likeness (QED) is 0.566. The molecule has 3 heteroatoms. The van der Waals surface area contributed by atoms with Crippen molar-refractivity contribution in [1.29, 1.82) is 0 Å². The minimum absolute atomic E-state index is 0.0927. The lowest BCUT2D eigenvalue weighted by Gasteiger charge is -2.38. The molecule has 0 aliphatic rings.